The Bertz CT molecular complexity index is 577. The van der Waals surface area contributed by atoms with Crippen LogP contribution in [-0.4, -0.2) is 0 Å². The minimum Gasteiger partial charge on any atom is -0.0985 e. The van der Waals surface area contributed by atoms with Gasteiger partial charge in [-0.3, -0.25) is 0 Å². The molecule has 0 aliphatic heterocycles. The van der Waals surface area contributed by atoms with Crippen molar-refractivity contribution < 1.29 is 0 Å². The molecule has 0 bridgehead atoms. The van der Waals surface area contributed by atoms with Gasteiger partial charge in [0.2, 0.25) is 0 Å². The summed E-state index contributed by atoms with van der Waals surface area (Å²) in [6.07, 6.45) is 1.83. The second-order valence-electron chi connectivity index (χ2n) is 3.95. The first-order chi connectivity index (χ1) is 8.28. The lowest BCUT2D eigenvalue weighted by molar-refractivity contribution is 1.46. The summed E-state index contributed by atoms with van der Waals surface area (Å²) >= 11 is 0. The molecule has 0 aromatic heterocycles. The Hall–Kier alpha value is -2.26. The van der Waals surface area contributed by atoms with Gasteiger partial charge >= 0.3 is 0 Å². The van der Waals surface area contributed by atoms with Crippen molar-refractivity contribution in [2.75, 3.05) is 0 Å². The second kappa shape index (κ2) is 5.18. The maximum absolute atomic E-state index is 3.75. The van der Waals surface area contributed by atoms with Gasteiger partial charge in [0, 0.05) is 11.1 Å². The van der Waals surface area contributed by atoms with Crippen LogP contribution in [0.2, 0.25) is 0 Å². The zero-order valence-corrected chi connectivity index (χ0v) is 9.90. The van der Waals surface area contributed by atoms with Crippen LogP contribution < -0.4 is 0 Å². The molecule has 2 aromatic rings. The zero-order valence-electron chi connectivity index (χ0n) is 9.90. The predicted molar refractivity (Wildman–Crippen MR) is 73.7 cm³/mol. The summed E-state index contributed by atoms with van der Waals surface area (Å²) in [4.78, 5) is 0. The average molecular weight is 218 g/mol. The van der Waals surface area contributed by atoms with Crippen molar-refractivity contribution in [3.8, 4) is 11.8 Å². The van der Waals surface area contributed by atoms with Crippen LogP contribution in [0.1, 0.15) is 22.3 Å². The molecule has 0 heteroatoms. The standard InChI is InChI=1S/C17H14/c1-3-15-5-4-6-17(13-15)12-11-16-9-7-14(2)8-10-16/h3-10,13H,1H2,2H3. The molecule has 0 nitrogen and oxygen atoms in total. The van der Waals surface area contributed by atoms with Gasteiger partial charge in [-0.15, -0.1) is 0 Å². The first-order valence-electron chi connectivity index (χ1n) is 5.59. The lowest BCUT2D eigenvalue weighted by Gasteiger charge is -1.94. The summed E-state index contributed by atoms with van der Waals surface area (Å²) in [6, 6.07) is 16.3. The van der Waals surface area contributed by atoms with E-state index in [1.807, 2.05) is 42.5 Å². The molecule has 17 heavy (non-hydrogen) atoms. The summed E-state index contributed by atoms with van der Waals surface area (Å²) in [6.45, 7) is 5.83. The molecule has 2 rings (SSSR count). The van der Waals surface area contributed by atoms with Gasteiger partial charge in [-0.2, -0.15) is 0 Å². The van der Waals surface area contributed by atoms with E-state index in [2.05, 4.69) is 37.5 Å². The molecule has 0 fully saturated rings. The first kappa shape index (κ1) is 11.2. The second-order valence-corrected chi connectivity index (χ2v) is 3.95. The Morgan fingerprint density at radius 2 is 1.65 bits per heavy atom. The minimum atomic E-state index is 1.02. The smallest absolute Gasteiger partial charge is 0.0254 e. The van der Waals surface area contributed by atoms with E-state index in [9.17, 15) is 0 Å². The van der Waals surface area contributed by atoms with Crippen LogP contribution in [0.3, 0.4) is 0 Å². The average Bonchev–Trinajstić information content (AvgIpc) is 2.38. The van der Waals surface area contributed by atoms with Crippen LogP contribution >= 0.6 is 0 Å². The Morgan fingerprint density at radius 3 is 2.35 bits per heavy atom. The van der Waals surface area contributed by atoms with Crippen LogP contribution in [-0.2, 0) is 0 Å². The number of hydrogen-bond donors (Lipinski definition) is 0. The van der Waals surface area contributed by atoms with Crippen molar-refractivity contribution in [2.45, 2.75) is 6.92 Å². The van der Waals surface area contributed by atoms with Gasteiger partial charge < -0.3 is 0 Å². The molecule has 0 saturated heterocycles. The summed E-state index contributed by atoms with van der Waals surface area (Å²) in [5, 5.41) is 0. The number of hydrogen-bond acceptors (Lipinski definition) is 0. The largest absolute Gasteiger partial charge is 0.0985 e. The highest BCUT2D eigenvalue weighted by Crippen LogP contribution is 2.06. The van der Waals surface area contributed by atoms with Crippen LogP contribution in [0.25, 0.3) is 6.08 Å². The fraction of sp³-hybridized carbons (Fsp3) is 0.0588. The van der Waals surface area contributed by atoms with Crippen LogP contribution in [0, 0.1) is 18.8 Å². The van der Waals surface area contributed by atoms with Crippen molar-refractivity contribution in [3.63, 3.8) is 0 Å². The van der Waals surface area contributed by atoms with Gasteiger partial charge in [0.05, 0.1) is 0 Å². The molecule has 0 aliphatic rings. The summed E-state index contributed by atoms with van der Waals surface area (Å²) < 4.78 is 0. The van der Waals surface area contributed by atoms with Gasteiger partial charge in [-0.25, -0.2) is 0 Å². The van der Waals surface area contributed by atoms with Gasteiger partial charge in [0.25, 0.3) is 0 Å². The van der Waals surface area contributed by atoms with Gasteiger partial charge in [-0.1, -0.05) is 54.3 Å². The maximum atomic E-state index is 3.75. The van der Waals surface area contributed by atoms with Crippen molar-refractivity contribution >= 4 is 6.08 Å². The van der Waals surface area contributed by atoms with Crippen molar-refractivity contribution in [2.24, 2.45) is 0 Å². The van der Waals surface area contributed by atoms with E-state index in [1.54, 1.807) is 0 Å². The fourth-order valence-corrected chi connectivity index (χ4v) is 1.52. The molecule has 0 radical (unpaired) electrons. The molecular weight excluding hydrogens is 204 g/mol. The van der Waals surface area contributed by atoms with E-state index < -0.39 is 0 Å². The van der Waals surface area contributed by atoms with E-state index in [4.69, 9.17) is 0 Å². The Labute approximate surface area is 103 Å². The summed E-state index contributed by atoms with van der Waals surface area (Å²) in [5.74, 6) is 6.31. The van der Waals surface area contributed by atoms with E-state index >= 15 is 0 Å². The molecule has 2 aromatic carbocycles. The van der Waals surface area contributed by atoms with E-state index in [0.29, 0.717) is 0 Å². The maximum Gasteiger partial charge on any atom is 0.0254 e. The Balaban J connectivity index is 2.26. The zero-order chi connectivity index (χ0) is 12.1. The number of aryl methyl sites for hydroxylation is 1. The number of rotatable bonds is 1. The highest BCUT2D eigenvalue weighted by atomic mass is 13.9. The fourth-order valence-electron chi connectivity index (χ4n) is 1.52. The monoisotopic (exact) mass is 218 g/mol. The summed E-state index contributed by atoms with van der Waals surface area (Å²) in [7, 11) is 0. The van der Waals surface area contributed by atoms with Gasteiger partial charge in [-0.05, 0) is 36.8 Å². The van der Waals surface area contributed by atoms with Crippen LogP contribution in [0.4, 0.5) is 0 Å². The van der Waals surface area contributed by atoms with Crippen molar-refractivity contribution in [1.29, 1.82) is 0 Å². The normalized spacial score (nSPS) is 9.24. The van der Waals surface area contributed by atoms with Crippen LogP contribution in [0.5, 0.6) is 0 Å². The van der Waals surface area contributed by atoms with Crippen molar-refractivity contribution in [3.05, 3.63) is 77.4 Å². The van der Waals surface area contributed by atoms with Crippen LogP contribution in [0.15, 0.2) is 55.1 Å². The molecule has 0 heterocycles. The van der Waals surface area contributed by atoms with Gasteiger partial charge in [0.15, 0.2) is 0 Å². The Morgan fingerprint density at radius 1 is 0.941 bits per heavy atom. The van der Waals surface area contributed by atoms with E-state index in [1.165, 1.54) is 5.56 Å². The summed E-state index contributed by atoms with van der Waals surface area (Å²) in [5.41, 5.74) is 4.41. The molecule has 0 atom stereocenters. The highest BCUT2D eigenvalue weighted by Gasteiger charge is 1.89. The SMILES string of the molecule is C=Cc1cccc(C#Cc2ccc(C)cc2)c1. The Kier molecular flexibility index (Phi) is 3.43. The lowest BCUT2D eigenvalue weighted by atomic mass is 10.1. The third-order valence-electron chi connectivity index (χ3n) is 2.53. The molecule has 82 valence electrons. The molecule has 0 aliphatic carbocycles. The number of benzene rings is 2. The first-order valence-corrected chi connectivity index (χ1v) is 5.59. The topological polar surface area (TPSA) is 0 Å². The quantitative estimate of drug-likeness (QED) is 0.634. The molecule has 0 amide bonds. The predicted octanol–water partition coefficient (Wildman–Crippen LogP) is 4.04. The molecule has 0 saturated carbocycles. The molecule has 0 N–H and O–H groups in total. The molecule has 0 unspecified atom stereocenters. The van der Waals surface area contributed by atoms with Gasteiger partial charge in [0.1, 0.15) is 0 Å². The highest BCUT2D eigenvalue weighted by molar-refractivity contribution is 5.52. The molecule has 0 spiro atoms. The third kappa shape index (κ3) is 3.09. The third-order valence-corrected chi connectivity index (χ3v) is 2.53. The lowest BCUT2D eigenvalue weighted by Crippen LogP contribution is -1.78. The van der Waals surface area contributed by atoms with E-state index in [0.717, 1.165) is 16.7 Å². The minimum absolute atomic E-state index is 1.02. The van der Waals surface area contributed by atoms with Crippen molar-refractivity contribution in [1.82, 2.24) is 0 Å². The van der Waals surface area contributed by atoms with E-state index in [-0.39, 0.29) is 0 Å². The molecular formula is C17H14.